The van der Waals surface area contributed by atoms with E-state index in [1.165, 1.54) is 0 Å². The zero-order valence-corrected chi connectivity index (χ0v) is 26.0. The van der Waals surface area contributed by atoms with Crippen molar-refractivity contribution in [2.45, 2.75) is 51.4 Å². The van der Waals surface area contributed by atoms with Crippen LogP contribution < -0.4 is 52.5 Å². The number of nitrogens with two attached hydrogens (primary N) is 4. The molecule has 0 atom stereocenters. The first-order valence-electron chi connectivity index (χ1n) is 15.7. The Balaban J connectivity index is 1.75. The number of carbonyl (C=O) groups excluding carboxylic acids is 2. The second-order valence-corrected chi connectivity index (χ2v) is 10.3. The van der Waals surface area contributed by atoms with E-state index in [4.69, 9.17) is 41.9 Å². The summed E-state index contributed by atoms with van der Waals surface area (Å²) in [5.74, 6) is 1.89. The second kappa shape index (κ2) is 22.9. The summed E-state index contributed by atoms with van der Waals surface area (Å²) in [6.07, 6.45) is 6.32. The van der Waals surface area contributed by atoms with Crippen LogP contribution in [0.5, 0.6) is 23.0 Å². The van der Waals surface area contributed by atoms with Crippen LogP contribution in [-0.4, -0.2) is 77.5 Å². The first-order valence-corrected chi connectivity index (χ1v) is 15.7. The fourth-order valence-electron chi connectivity index (χ4n) is 4.04. The maximum Gasteiger partial charge on any atom is 0.251 e. The van der Waals surface area contributed by atoms with Crippen LogP contribution in [0.15, 0.2) is 36.4 Å². The summed E-state index contributed by atoms with van der Waals surface area (Å²) in [5.41, 5.74) is 23.2. The standard InChI is InChI=1S/C32H52N6O6/c33-9-5-15-41-27-19-25(20-28(23-27)42-16-6-10-34)31(39)37-13-3-1-2-4-14-38-32(40)26-21-29(43-17-7-11-35)24-30(22-26)44-18-8-12-36/h19-24H,1-18,33-36H2,(H,37,39)(H,38,40). The van der Waals surface area contributed by atoms with Crippen molar-refractivity contribution in [2.24, 2.45) is 22.9 Å². The number of amides is 2. The minimum absolute atomic E-state index is 0.189. The van der Waals surface area contributed by atoms with E-state index in [2.05, 4.69) is 10.6 Å². The molecule has 246 valence electrons. The minimum atomic E-state index is -0.189. The Labute approximate surface area is 261 Å². The highest BCUT2D eigenvalue weighted by Gasteiger charge is 2.12. The van der Waals surface area contributed by atoms with E-state index >= 15 is 0 Å². The summed E-state index contributed by atoms with van der Waals surface area (Å²) >= 11 is 0. The first-order chi connectivity index (χ1) is 21.5. The van der Waals surface area contributed by atoms with Gasteiger partial charge in [-0.25, -0.2) is 0 Å². The Morgan fingerprint density at radius 1 is 0.455 bits per heavy atom. The Kier molecular flexibility index (Phi) is 19.0. The zero-order valence-electron chi connectivity index (χ0n) is 26.0. The van der Waals surface area contributed by atoms with Gasteiger partial charge >= 0.3 is 0 Å². The number of nitrogens with one attached hydrogen (secondary N) is 2. The second-order valence-electron chi connectivity index (χ2n) is 10.3. The van der Waals surface area contributed by atoms with E-state index in [0.717, 1.165) is 25.7 Å². The highest BCUT2D eigenvalue weighted by Crippen LogP contribution is 2.25. The van der Waals surface area contributed by atoms with Gasteiger partial charge in [0.2, 0.25) is 0 Å². The number of rotatable bonds is 25. The third kappa shape index (κ3) is 15.2. The van der Waals surface area contributed by atoms with Crippen LogP contribution in [-0.2, 0) is 0 Å². The predicted octanol–water partition coefficient (Wildman–Crippen LogP) is 2.32. The van der Waals surface area contributed by atoms with Crippen molar-refractivity contribution in [3.8, 4) is 23.0 Å². The van der Waals surface area contributed by atoms with Crippen LogP contribution in [0.3, 0.4) is 0 Å². The minimum Gasteiger partial charge on any atom is -0.493 e. The van der Waals surface area contributed by atoms with Gasteiger partial charge in [0, 0.05) is 36.3 Å². The molecule has 2 amide bonds. The molecule has 2 rings (SSSR count). The number of carbonyl (C=O) groups is 2. The number of hydrogen-bond donors (Lipinski definition) is 6. The maximum atomic E-state index is 12.8. The molecule has 0 aliphatic rings. The van der Waals surface area contributed by atoms with E-state index in [-0.39, 0.29) is 11.8 Å². The Morgan fingerprint density at radius 2 is 0.750 bits per heavy atom. The fourth-order valence-corrected chi connectivity index (χ4v) is 4.04. The van der Waals surface area contributed by atoms with E-state index in [1.807, 2.05) is 0 Å². The molecule has 2 aromatic rings. The molecule has 0 bridgehead atoms. The average Bonchev–Trinajstić information content (AvgIpc) is 3.02. The number of hydrogen-bond acceptors (Lipinski definition) is 10. The van der Waals surface area contributed by atoms with Gasteiger partial charge in [0.15, 0.2) is 0 Å². The van der Waals surface area contributed by atoms with E-state index in [1.54, 1.807) is 36.4 Å². The van der Waals surface area contributed by atoms with E-state index < -0.39 is 0 Å². The highest BCUT2D eigenvalue weighted by molar-refractivity contribution is 5.95. The summed E-state index contributed by atoms with van der Waals surface area (Å²) in [5, 5.41) is 5.94. The van der Waals surface area contributed by atoms with E-state index in [0.29, 0.717) is 126 Å². The molecule has 12 heteroatoms. The third-order valence-electron chi connectivity index (χ3n) is 6.43. The number of ether oxygens (including phenoxy) is 4. The third-order valence-corrected chi connectivity index (χ3v) is 6.43. The summed E-state index contributed by atoms with van der Waals surface area (Å²) in [6, 6.07) is 10.4. The van der Waals surface area contributed by atoms with Gasteiger partial charge in [-0.15, -0.1) is 0 Å². The Hall–Kier alpha value is -3.58. The molecule has 0 saturated carbocycles. The molecule has 10 N–H and O–H groups in total. The van der Waals surface area contributed by atoms with Crippen LogP contribution in [0.2, 0.25) is 0 Å². The van der Waals surface area contributed by atoms with Crippen molar-refractivity contribution >= 4 is 11.8 Å². The van der Waals surface area contributed by atoms with Crippen LogP contribution in [0, 0.1) is 0 Å². The smallest absolute Gasteiger partial charge is 0.251 e. The molecule has 0 aliphatic carbocycles. The lowest BCUT2D eigenvalue weighted by atomic mass is 10.1. The van der Waals surface area contributed by atoms with Gasteiger partial charge in [0.1, 0.15) is 23.0 Å². The molecule has 2 aromatic carbocycles. The largest absolute Gasteiger partial charge is 0.493 e. The van der Waals surface area contributed by atoms with Gasteiger partial charge < -0.3 is 52.5 Å². The fraction of sp³-hybridized carbons (Fsp3) is 0.562. The van der Waals surface area contributed by atoms with Crippen LogP contribution in [0.1, 0.15) is 72.1 Å². The van der Waals surface area contributed by atoms with Gasteiger partial charge in [-0.05, 0) is 89.0 Å². The molecule has 0 aromatic heterocycles. The van der Waals surface area contributed by atoms with Gasteiger partial charge in [0.25, 0.3) is 11.8 Å². The Bertz CT molecular complexity index is 961. The van der Waals surface area contributed by atoms with Crippen LogP contribution in [0.4, 0.5) is 0 Å². The number of benzene rings is 2. The SMILES string of the molecule is NCCCOc1cc(OCCCN)cc(C(=O)NCCCCCCNC(=O)c2cc(OCCCN)cc(OCCCN)c2)c1. The lowest BCUT2D eigenvalue weighted by Gasteiger charge is -2.13. The molecule has 0 unspecified atom stereocenters. The van der Waals surface area contributed by atoms with Crippen LogP contribution in [0.25, 0.3) is 0 Å². The summed E-state index contributed by atoms with van der Waals surface area (Å²) in [6.45, 7) is 5.03. The lowest BCUT2D eigenvalue weighted by molar-refractivity contribution is 0.0942. The van der Waals surface area contributed by atoms with Crippen molar-refractivity contribution in [2.75, 3.05) is 65.7 Å². The molecule has 0 saturated heterocycles. The topological polar surface area (TPSA) is 199 Å². The Morgan fingerprint density at radius 3 is 1.02 bits per heavy atom. The van der Waals surface area contributed by atoms with Gasteiger partial charge in [0.05, 0.1) is 26.4 Å². The predicted molar refractivity (Wildman–Crippen MR) is 173 cm³/mol. The summed E-state index contributed by atoms with van der Waals surface area (Å²) < 4.78 is 23.0. The van der Waals surface area contributed by atoms with Crippen molar-refractivity contribution in [1.29, 1.82) is 0 Å². The lowest BCUT2D eigenvalue weighted by Crippen LogP contribution is -2.25. The average molecular weight is 617 g/mol. The van der Waals surface area contributed by atoms with Gasteiger partial charge in [-0.2, -0.15) is 0 Å². The van der Waals surface area contributed by atoms with Crippen molar-refractivity contribution in [3.63, 3.8) is 0 Å². The van der Waals surface area contributed by atoms with Gasteiger partial charge in [-0.1, -0.05) is 12.8 Å². The van der Waals surface area contributed by atoms with E-state index in [9.17, 15) is 9.59 Å². The molecule has 12 nitrogen and oxygen atoms in total. The number of unbranched alkanes of at least 4 members (excludes halogenated alkanes) is 3. The molecule has 0 aliphatic heterocycles. The molecule has 0 fully saturated rings. The maximum absolute atomic E-state index is 12.8. The molecular weight excluding hydrogens is 564 g/mol. The first kappa shape index (κ1) is 36.6. The summed E-state index contributed by atoms with van der Waals surface area (Å²) in [7, 11) is 0. The molecule has 0 heterocycles. The van der Waals surface area contributed by atoms with Crippen LogP contribution >= 0.6 is 0 Å². The molecule has 0 radical (unpaired) electrons. The molecular formula is C32H52N6O6. The highest BCUT2D eigenvalue weighted by atomic mass is 16.5. The van der Waals surface area contributed by atoms with Crippen molar-refractivity contribution in [3.05, 3.63) is 47.5 Å². The summed E-state index contributed by atoms with van der Waals surface area (Å²) in [4.78, 5) is 25.6. The quantitative estimate of drug-likeness (QED) is 0.0900. The molecule has 0 spiro atoms. The monoisotopic (exact) mass is 616 g/mol. The normalized spacial score (nSPS) is 10.7. The zero-order chi connectivity index (χ0) is 31.8. The van der Waals surface area contributed by atoms with Crippen molar-refractivity contribution in [1.82, 2.24) is 10.6 Å². The molecule has 44 heavy (non-hydrogen) atoms. The van der Waals surface area contributed by atoms with Gasteiger partial charge in [-0.3, -0.25) is 9.59 Å². The van der Waals surface area contributed by atoms with Crippen molar-refractivity contribution < 1.29 is 28.5 Å².